The van der Waals surface area contributed by atoms with Crippen LogP contribution >= 0.6 is 0 Å². The summed E-state index contributed by atoms with van der Waals surface area (Å²) in [5.74, 6) is 0. The summed E-state index contributed by atoms with van der Waals surface area (Å²) >= 11 is 0. The molecule has 0 aromatic carbocycles. The maximum atomic E-state index is 4.23. The van der Waals surface area contributed by atoms with E-state index in [1.165, 1.54) is 16.7 Å². The molecule has 102 valence electrons. The average Bonchev–Trinajstić information content (AvgIpc) is 2.58. The van der Waals surface area contributed by atoms with Crippen molar-refractivity contribution >= 4 is 6.21 Å². The highest BCUT2D eigenvalue weighted by Gasteiger charge is 2.05. The normalized spacial score (nSPS) is 16.1. The molecule has 1 aliphatic heterocycles. The van der Waals surface area contributed by atoms with Crippen LogP contribution in [0, 0.1) is 0 Å². The lowest BCUT2D eigenvalue weighted by atomic mass is 9.97. The Morgan fingerprint density at radius 3 is 2.79 bits per heavy atom. The molecule has 0 aliphatic carbocycles. The second-order valence-corrected chi connectivity index (χ2v) is 4.93. The lowest BCUT2D eigenvalue weighted by Crippen LogP contribution is -2.07. The van der Waals surface area contributed by atoms with Crippen LogP contribution in [-0.4, -0.2) is 25.2 Å². The Morgan fingerprint density at radius 1 is 1.42 bits per heavy atom. The van der Waals surface area contributed by atoms with Crippen molar-refractivity contribution in [3.8, 4) is 0 Å². The van der Waals surface area contributed by atoms with Gasteiger partial charge in [-0.3, -0.25) is 4.99 Å². The van der Waals surface area contributed by atoms with Gasteiger partial charge in [-0.1, -0.05) is 31.2 Å². The molecule has 0 radical (unpaired) electrons. The largest absolute Gasteiger partial charge is 0.378 e. The van der Waals surface area contributed by atoms with Gasteiger partial charge in [-0.25, -0.2) is 0 Å². The van der Waals surface area contributed by atoms with E-state index in [0.29, 0.717) is 0 Å². The van der Waals surface area contributed by atoms with E-state index in [4.69, 9.17) is 0 Å². The number of nitrogens with zero attached hydrogens (tertiary/aromatic N) is 2. The zero-order valence-electron chi connectivity index (χ0n) is 12.5. The third-order valence-corrected chi connectivity index (χ3v) is 2.95. The minimum Gasteiger partial charge on any atom is -0.378 e. The molecular weight excluding hydrogens is 232 g/mol. The molecule has 0 bridgehead atoms. The number of hydrogen-bond donors (Lipinski definition) is 0. The summed E-state index contributed by atoms with van der Waals surface area (Å²) < 4.78 is 0. The Morgan fingerprint density at radius 2 is 2.16 bits per heavy atom. The van der Waals surface area contributed by atoms with Crippen LogP contribution in [0.1, 0.15) is 26.7 Å². The van der Waals surface area contributed by atoms with Crippen molar-refractivity contribution < 1.29 is 0 Å². The quantitative estimate of drug-likeness (QED) is 0.671. The molecule has 1 aliphatic rings. The number of aliphatic imine (C=N–C) groups is 1. The van der Waals surface area contributed by atoms with Crippen molar-refractivity contribution in [2.24, 2.45) is 4.99 Å². The van der Waals surface area contributed by atoms with Gasteiger partial charge in [-0.05, 0) is 43.1 Å². The Kier molecular flexibility index (Phi) is 6.07. The molecule has 0 unspecified atom stereocenters. The van der Waals surface area contributed by atoms with Crippen LogP contribution in [-0.2, 0) is 0 Å². The lowest BCUT2D eigenvalue weighted by Gasteiger charge is -2.12. The second kappa shape index (κ2) is 7.57. The Balaban J connectivity index is 2.94. The van der Waals surface area contributed by atoms with Gasteiger partial charge in [0.1, 0.15) is 0 Å². The zero-order valence-corrected chi connectivity index (χ0v) is 12.5. The fourth-order valence-corrected chi connectivity index (χ4v) is 1.77. The molecule has 0 N–H and O–H groups in total. The molecule has 0 amide bonds. The molecule has 0 aromatic rings. The van der Waals surface area contributed by atoms with Gasteiger partial charge in [-0.2, -0.15) is 0 Å². The maximum absolute atomic E-state index is 4.23. The molecule has 2 nitrogen and oxygen atoms in total. The van der Waals surface area contributed by atoms with Crippen LogP contribution in [0.15, 0.2) is 64.5 Å². The van der Waals surface area contributed by atoms with Crippen LogP contribution in [0.2, 0.25) is 0 Å². The molecule has 2 heteroatoms. The van der Waals surface area contributed by atoms with Crippen molar-refractivity contribution in [3.63, 3.8) is 0 Å². The zero-order chi connectivity index (χ0) is 14.3. The first-order valence-corrected chi connectivity index (χ1v) is 6.67. The summed E-state index contributed by atoms with van der Waals surface area (Å²) in [5.41, 5.74) is 4.84. The lowest BCUT2D eigenvalue weighted by molar-refractivity contribution is 0.532. The van der Waals surface area contributed by atoms with Gasteiger partial charge in [-0.15, -0.1) is 0 Å². The molecular formula is C17H24N2. The Hall–Kier alpha value is -1.83. The van der Waals surface area contributed by atoms with Crippen molar-refractivity contribution in [2.75, 3.05) is 14.1 Å². The molecule has 0 aromatic heterocycles. The highest BCUT2D eigenvalue weighted by Crippen LogP contribution is 2.22. The van der Waals surface area contributed by atoms with E-state index in [1.807, 2.05) is 31.4 Å². The fraction of sp³-hybridized carbons (Fsp3) is 0.353. The van der Waals surface area contributed by atoms with Gasteiger partial charge in [0.25, 0.3) is 0 Å². The van der Waals surface area contributed by atoms with Crippen LogP contribution in [0.5, 0.6) is 0 Å². The standard InChI is InChI=1S/C17H24N2/c1-6-7-16(9-8-15(3)19(4)5)17-10-11-18-13-14(2)12-17/h7-11,13H,3,6,12H2,1-2,4-5H3/b9-8-,16-7+. The third kappa shape index (κ3) is 5.12. The minimum absolute atomic E-state index is 0.949. The topological polar surface area (TPSA) is 15.6 Å². The van der Waals surface area contributed by atoms with Crippen LogP contribution in [0.3, 0.4) is 0 Å². The summed E-state index contributed by atoms with van der Waals surface area (Å²) in [6, 6.07) is 0. The van der Waals surface area contributed by atoms with Gasteiger partial charge in [0.05, 0.1) is 0 Å². The SMILES string of the molecule is C=C(/C=C\C(=C/CC)C1=CC=NC=C(C)C1)N(C)C. The van der Waals surface area contributed by atoms with Crippen molar-refractivity contribution in [3.05, 3.63) is 59.5 Å². The van der Waals surface area contributed by atoms with Crippen LogP contribution in [0.25, 0.3) is 0 Å². The summed E-state index contributed by atoms with van der Waals surface area (Å²) in [4.78, 5) is 6.24. The molecule has 19 heavy (non-hydrogen) atoms. The van der Waals surface area contributed by atoms with E-state index in [1.54, 1.807) is 0 Å². The van der Waals surface area contributed by atoms with Crippen LogP contribution in [0.4, 0.5) is 0 Å². The summed E-state index contributed by atoms with van der Waals surface area (Å²) in [7, 11) is 4.00. The van der Waals surface area contributed by atoms with Crippen molar-refractivity contribution in [1.82, 2.24) is 4.90 Å². The predicted octanol–water partition coefficient (Wildman–Crippen LogP) is 4.26. The van der Waals surface area contributed by atoms with E-state index < -0.39 is 0 Å². The molecule has 0 saturated carbocycles. The van der Waals surface area contributed by atoms with Crippen molar-refractivity contribution in [2.45, 2.75) is 26.7 Å². The van der Waals surface area contributed by atoms with Crippen LogP contribution < -0.4 is 0 Å². The number of likely N-dealkylation sites (N-methyl/N-ethyl adjacent to an activating group) is 1. The molecule has 1 heterocycles. The van der Waals surface area contributed by atoms with Gasteiger partial charge >= 0.3 is 0 Å². The van der Waals surface area contributed by atoms with E-state index in [0.717, 1.165) is 18.5 Å². The molecule has 0 spiro atoms. The minimum atomic E-state index is 0.949. The van der Waals surface area contributed by atoms with E-state index >= 15 is 0 Å². The number of rotatable bonds is 5. The first-order chi connectivity index (χ1) is 9.04. The number of allylic oxidation sites excluding steroid dienone is 7. The third-order valence-electron chi connectivity index (χ3n) is 2.95. The first kappa shape index (κ1) is 15.2. The smallest absolute Gasteiger partial charge is 0.0288 e. The monoisotopic (exact) mass is 256 g/mol. The summed E-state index contributed by atoms with van der Waals surface area (Å²) in [5, 5.41) is 0. The fourth-order valence-electron chi connectivity index (χ4n) is 1.77. The highest BCUT2D eigenvalue weighted by molar-refractivity contribution is 5.75. The van der Waals surface area contributed by atoms with Gasteiger partial charge in [0, 0.05) is 32.2 Å². The number of hydrogen-bond acceptors (Lipinski definition) is 2. The van der Waals surface area contributed by atoms with Crippen molar-refractivity contribution in [1.29, 1.82) is 0 Å². The highest BCUT2D eigenvalue weighted by atomic mass is 15.1. The molecule has 0 fully saturated rings. The maximum Gasteiger partial charge on any atom is 0.0288 e. The molecule has 0 saturated heterocycles. The first-order valence-electron chi connectivity index (χ1n) is 6.67. The molecule has 0 atom stereocenters. The average molecular weight is 256 g/mol. The Labute approximate surface area is 117 Å². The van der Waals surface area contributed by atoms with Gasteiger partial charge in [0.15, 0.2) is 0 Å². The second-order valence-electron chi connectivity index (χ2n) is 4.93. The van der Waals surface area contributed by atoms with E-state index in [9.17, 15) is 0 Å². The summed E-state index contributed by atoms with van der Waals surface area (Å²) in [6.45, 7) is 8.29. The predicted molar refractivity (Wildman–Crippen MR) is 85.3 cm³/mol. The summed E-state index contributed by atoms with van der Waals surface area (Å²) in [6.07, 6.45) is 14.3. The Bertz CT molecular complexity index is 471. The van der Waals surface area contributed by atoms with E-state index in [2.05, 4.69) is 49.7 Å². The van der Waals surface area contributed by atoms with Gasteiger partial charge < -0.3 is 4.90 Å². The van der Waals surface area contributed by atoms with E-state index in [-0.39, 0.29) is 0 Å². The molecule has 1 rings (SSSR count). The van der Waals surface area contributed by atoms with Gasteiger partial charge in [0.2, 0.25) is 0 Å².